The molecule has 0 spiro atoms. The van der Waals surface area contributed by atoms with E-state index in [-0.39, 0.29) is 24.0 Å². The standard InChI is InChI=1S/C22H38N4O.HI/c1-18(2)11-14-27-15-12-24-22(23-4)25-21-10-13-26(19(3)16-21)17-20-8-6-5-7-9-20;/h5-9,18-19,21H,10-17H2,1-4H3,(H2,23,24,25);1H. The van der Waals surface area contributed by atoms with Crippen LogP contribution in [-0.2, 0) is 11.3 Å². The fraction of sp³-hybridized carbons (Fsp3) is 0.682. The van der Waals surface area contributed by atoms with Gasteiger partial charge in [-0.25, -0.2) is 0 Å². The van der Waals surface area contributed by atoms with Crippen LogP contribution in [-0.4, -0.2) is 56.3 Å². The number of guanidine groups is 1. The first-order chi connectivity index (χ1) is 13.1. The lowest BCUT2D eigenvalue weighted by molar-refractivity contribution is 0.126. The second-order valence-corrected chi connectivity index (χ2v) is 7.96. The van der Waals surface area contributed by atoms with Gasteiger partial charge in [0.05, 0.1) is 6.61 Å². The molecule has 1 aliphatic rings. The van der Waals surface area contributed by atoms with Gasteiger partial charge < -0.3 is 15.4 Å². The zero-order chi connectivity index (χ0) is 19.5. The van der Waals surface area contributed by atoms with Crippen LogP contribution in [0.25, 0.3) is 0 Å². The molecule has 0 amide bonds. The first-order valence-electron chi connectivity index (χ1n) is 10.4. The van der Waals surface area contributed by atoms with Crippen LogP contribution in [0.3, 0.4) is 0 Å². The Morgan fingerprint density at radius 2 is 2.00 bits per heavy atom. The molecule has 2 N–H and O–H groups in total. The van der Waals surface area contributed by atoms with Gasteiger partial charge in [-0.2, -0.15) is 0 Å². The third-order valence-electron chi connectivity index (χ3n) is 5.19. The van der Waals surface area contributed by atoms with Gasteiger partial charge in [-0.1, -0.05) is 44.2 Å². The molecule has 0 radical (unpaired) electrons. The molecule has 1 aromatic rings. The van der Waals surface area contributed by atoms with E-state index in [2.05, 4.69) is 71.6 Å². The molecule has 1 aliphatic heterocycles. The van der Waals surface area contributed by atoms with Gasteiger partial charge in [-0.3, -0.25) is 9.89 Å². The molecule has 2 rings (SSSR count). The van der Waals surface area contributed by atoms with Crippen molar-refractivity contribution in [1.82, 2.24) is 15.5 Å². The Hall–Kier alpha value is -0.860. The van der Waals surface area contributed by atoms with Crippen molar-refractivity contribution in [1.29, 1.82) is 0 Å². The summed E-state index contributed by atoms with van der Waals surface area (Å²) in [6.07, 6.45) is 3.40. The van der Waals surface area contributed by atoms with Gasteiger partial charge in [-0.15, -0.1) is 24.0 Å². The van der Waals surface area contributed by atoms with Crippen LogP contribution in [0, 0.1) is 5.92 Å². The molecule has 0 aromatic heterocycles. The highest BCUT2D eigenvalue weighted by atomic mass is 127. The summed E-state index contributed by atoms with van der Waals surface area (Å²) in [4.78, 5) is 6.94. The van der Waals surface area contributed by atoms with Crippen molar-refractivity contribution < 1.29 is 4.74 Å². The second kappa shape index (κ2) is 14.2. The molecule has 1 heterocycles. The smallest absolute Gasteiger partial charge is 0.191 e. The first kappa shape index (κ1) is 25.2. The summed E-state index contributed by atoms with van der Waals surface area (Å²) in [7, 11) is 1.84. The minimum atomic E-state index is 0. The Bertz CT molecular complexity index is 553. The highest BCUT2D eigenvalue weighted by Gasteiger charge is 2.25. The average Bonchev–Trinajstić information content (AvgIpc) is 2.66. The number of nitrogens with one attached hydrogen (secondary N) is 2. The number of likely N-dealkylation sites (tertiary alicyclic amines) is 1. The summed E-state index contributed by atoms with van der Waals surface area (Å²) in [6, 6.07) is 11.8. The topological polar surface area (TPSA) is 48.9 Å². The van der Waals surface area contributed by atoms with Gasteiger partial charge in [0.25, 0.3) is 0 Å². The largest absolute Gasteiger partial charge is 0.380 e. The lowest BCUT2D eigenvalue weighted by Gasteiger charge is -2.38. The summed E-state index contributed by atoms with van der Waals surface area (Å²) in [5.41, 5.74) is 1.39. The molecule has 160 valence electrons. The maximum Gasteiger partial charge on any atom is 0.191 e. The van der Waals surface area contributed by atoms with E-state index < -0.39 is 0 Å². The Morgan fingerprint density at radius 1 is 1.25 bits per heavy atom. The second-order valence-electron chi connectivity index (χ2n) is 7.96. The van der Waals surface area contributed by atoms with Gasteiger partial charge >= 0.3 is 0 Å². The fourth-order valence-corrected chi connectivity index (χ4v) is 3.46. The van der Waals surface area contributed by atoms with Crippen molar-refractivity contribution in [2.24, 2.45) is 10.9 Å². The van der Waals surface area contributed by atoms with Crippen LogP contribution < -0.4 is 10.6 Å². The van der Waals surface area contributed by atoms with E-state index in [0.29, 0.717) is 18.0 Å². The number of piperidine rings is 1. The van der Waals surface area contributed by atoms with Crippen molar-refractivity contribution in [3.8, 4) is 0 Å². The zero-order valence-corrected chi connectivity index (χ0v) is 20.3. The third-order valence-corrected chi connectivity index (χ3v) is 5.19. The summed E-state index contributed by atoms with van der Waals surface area (Å²) >= 11 is 0. The molecule has 0 bridgehead atoms. The van der Waals surface area contributed by atoms with E-state index in [1.54, 1.807) is 0 Å². The lowest BCUT2D eigenvalue weighted by Crippen LogP contribution is -2.51. The summed E-state index contributed by atoms with van der Waals surface area (Å²) < 4.78 is 5.67. The number of hydrogen-bond acceptors (Lipinski definition) is 3. The molecular formula is C22H39IN4O. The quantitative estimate of drug-likeness (QED) is 0.233. The molecular weight excluding hydrogens is 463 g/mol. The molecule has 2 unspecified atom stereocenters. The predicted octanol–water partition coefficient (Wildman–Crippen LogP) is 3.89. The van der Waals surface area contributed by atoms with Crippen LogP contribution in [0.4, 0.5) is 0 Å². The van der Waals surface area contributed by atoms with Crippen LogP contribution >= 0.6 is 24.0 Å². The molecule has 1 saturated heterocycles. The van der Waals surface area contributed by atoms with E-state index >= 15 is 0 Å². The monoisotopic (exact) mass is 502 g/mol. The average molecular weight is 502 g/mol. The summed E-state index contributed by atoms with van der Waals surface area (Å²) in [5, 5.41) is 6.96. The number of nitrogens with zero attached hydrogens (tertiary/aromatic N) is 2. The fourth-order valence-electron chi connectivity index (χ4n) is 3.46. The Labute approximate surface area is 188 Å². The van der Waals surface area contributed by atoms with Crippen molar-refractivity contribution in [3.05, 3.63) is 35.9 Å². The normalized spacial score (nSPS) is 20.7. The van der Waals surface area contributed by atoms with E-state index in [9.17, 15) is 0 Å². The highest BCUT2D eigenvalue weighted by molar-refractivity contribution is 14.0. The van der Waals surface area contributed by atoms with Crippen molar-refractivity contribution in [2.45, 2.75) is 58.7 Å². The van der Waals surface area contributed by atoms with Gasteiger partial charge in [0.1, 0.15) is 0 Å². The van der Waals surface area contributed by atoms with Crippen molar-refractivity contribution in [3.63, 3.8) is 0 Å². The van der Waals surface area contributed by atoms with E-state index in [4.69, 9.17) is 4.74 Å². The van der Waals surface area contributed by atoms with E-state index in [0.717, 1.165) is 58.1 Å². The highest BCUT2D eigenvalue weighted by Crippen LogP contribution is 2.19. The molecule has 0 saturated carbocycles. The maximum atomic E-state index is 5.67. The molecule has 28 heavy (non-hydrogen) atoms. The number of rotatable bonds is 9. The number of ether oxygens (including phenoxy) is 1. The van der Waals surface area contributed by atoms with Crippen LogP contribution in [0.1, 0.15) is 45.6 Å². The summed E-state index contributed by atoms with van der Waals surface area (Å²) in [5.74, 6) is 1.58. The zero-order valence-electron chi connectivity index (χ0n) is 18.0. The molecule has 2 atom stereocenters. The van der Waals surface area contributed by atoms with E-state index in [1.165, 1.54) is 5.56 Å². The minimum absolute atomic E-state index is 0. The summed E-state index contributed by atoms with van der Waals surface area (Å²) in [6.45, 7) is 11.3. The number of aliphatic imine (C=N–C) groups is 1. The van der Waals surface area contributed by atoms with Gasteiger partial charge in [0, 0.05) is 45.4 Å². The van der Waals surface area contributed by atoms with E-state index in [1.807, 2.05) is 7.05 Å². The Kier molecular flexibility index (Phi) is 12.7. The first-order valence-corrected chi connectivity index (χ1v) is 10.4. The van der Waals surface area contributed by atoms with Crippen LogP contribution in [0.2, 0.25) is 0 Å². The molecule has 1 aromatic carbocycles. The third kappa shape index (κ3) is 9.56. The number of halogens is 1. The molecule has 0 aliphatic carbocycles. The SMILES string of the molecule is CN=C(NCCOCCC(C)C)NC1CCN(Cc2ccccc2)C(C)C1.I. The van der Waals surface area contributed by atoms with Crippen LogP contribution in [0.5, 0.6) is 0 Å². The van der Waals surface area contributed by atoms with Gasteiger partial charge in [-0.05, 0) is 37.7 Å². The maximum absolute atomic E-state index is 5.67. The lowest BCUT2D eigenvalue weighted by atomic mass is 9.97. The van der Waals surface area contributed by atoms with Crippen LogP contribution in [0.15, 0.2) is 35.3 Å². The van der Waals surface area contributed by atoms with Gasteiger partial charge in [0.2, 0.25) is 0 Å². The molecule has 6 heteroatoms. The molecule has 1 fully saturated rings. The minimum Gasteiger partial charge on any atom is -0.380 e. The van der Waals surface area contributed by atoms with Gasteiger partial charge in [0.15, 0.2) is 5.96 Å². The van der Waals surface area contributed by atoms with Crippen molar-refractivity contribution >= 4 is 29.9 Å². The molecule has 5 nitrogen and oxygen atoms in total. The van der Waals surface area contributed by atoms with Crippen molar-refractivity contribution in [2.75, 3.05) is 33.4 Å². The number of benzene rings is 1. The Balaban J connectivity index is 0.00000392. The Morgan fingerprint density at radius 3 is 2.64 bits per heavy atom. The predicted molar refractivity (Wildman–Crippen MR) is 130 cm³/mol. The number of hydrogen-bond donors (Lipinski definition) is 2.